The summed E-state index contributed by atoms with van der Waals surface area (Å²) in [6, 6.07) is 5.57. The molecule has 0 spiro atoms. The summed E-state index contributed by atoms with van der Waals surface area (Å²) in [5.41, 5.74) is 6.77. The molecule has 22 heavy (non-hydrogen) atoms. The van der Waals surface area contributed by atoms with Crippen molar-refractivity contribution in [2.24, 2.45) is 5.73 Å². The largest absolute Gasteiger partial charge is 0.496 e. The van der Waals surface area contributed by atoms with Gasteiger partial charge in [0.15, 0.2) is 0 Å². The molecule has 1 atom stereocenters. The van der Waals surface area contributed by atoms with Crippen LogP contribution in [0.3, 0.4) is 0 Å². The Labute approximate surface area is 137 Å². The number of nitrogens with zero attached hydrogens (tertiary/aromatic N) is 2. The van der Waals surface area contributed by atoms with Crippen LogP contribution < -0.4 is 10.5 Å². The zero-order valence-electron chi connectivity index (χ0n) is 13.2. The summed E-state index contributed by atoms with van der Waals surface area (Å²) in [6.45, 7) is 5.82. The van der Waals surface area contributed by atoms with Crippen molar-refractivity contribution in [3.8, 4) is 5.75 Å². The molecule has 1 saturated heterocycles. The SMILES string of the molecule is COc1ccc(Cl)cc1CN1CCN(C(=O)CC(C)N)CC1. The van der Waals surface area contributed by atoms with Gasteiger partial charge in [-0.15, -0.1) is 0 Å². The molecule has 6 heteroatoms. The standard InChI is InChI=1S/C16H24ClN3O2/c1-12(18)9-16(21)20-7-5-19(6-8-20)11-13-10-14(17)3-4-15(13)22-2/h3-4,10,12H,5-9,11,18H2,1-2H3. The molecule has 1 aromatic rings. The van der Waals surface area contributed by atoms with Gasteiger partial charge in [-0.25, -0.2) is 0 Å². The molecule has 2 rings (SSSR count). The van der Waals surface area contributed by atoms with Crippen molar-refractivity contribution in [1.82, 2.24) is 9.80 Å². The van der Waals surface area contributed by atoms with E-state index in [0.29, 0.717) is 11.4 Å². The van der Waals surface area contributed by atoms with E-state index in [9.17, 15) is 4.79 Å². The number of ether oxygens (including phenoxy) is 1. The van der Waals surface area contributed by atoms with E-state index in [1.54, 1.807) is 7.11 Å². The monoisotopic (exact) mass is 325 g/mol. The smallest absolute Gasteiger partial charge is 0.224 e. The molecule has 2 N–H and O–H groups in total. The van der Waals surface area contributed by atoms with Gasteiger partial charge in [0.1, 0.15) is 5.75 Å². The molecule has 0 saturated carbocycles. The molecule has 1 aliphatic rings. The Morgan fingerprint density at radius 3 is 2.64 bits per heavy atom. The van der Waals surface area contributed by atoms with Crippen molar-refractivity contribution in [3.05, 3.63) is 28.8 Å². The second-order valence-electron chi connectivity index (χ2n) is 5.79. The highest BCUT2D eigenvalue weighted by atomic mass is 35.5. The van der Waals surface area contributed by atoms with E-state index in [1.165, 1.54) is 0 Å². The molecule has 1 amide bonds. The van der Waals surface area contributed by atoms with E-state index in [4.69, 9.17) is 22.1 Å². The Morgan fingerprint density at radius 2 is 2.05 bits per heavy atom. The van der Waals surface area contributed by atoms with Crippen LogP contribution in [0.25, 0.3) is 0 Å². The molecule has 122 valence electrons. The second kappa shape index (κ2) is 7.81. The minimum absolute atomic E-state index is 0.0822. The lowest BCUT2D eigenvalue weighted by Crippen LogP contribution is -2.49. The third kappa shape index (κ3) is 4.60. The van der Waals surface area contributed by atoms with Crippen molar-refractivity contribution in [2.45, 2.75) is 25.9 Å². The minimum atomic E-state index is -0.0822. The third-order valence-corrected chi connectivity index (χ3v) is 4.09. The highest BCUT2D eigenvalue weighted by Crippen LogP contribution is 2.24. The van der Waals surface area contributed by atoms with Gasteiger partial charge in [-0.1, -0.05) is 11.6 Å². The third-order valence-electron chi connectivity index (χ3n) is 3.86. The molecule has 0 aliphatic carbocycles. The van der Waals surface area contributed by atoms with Crippen LogP contribution in [-0.2, 0) is 11.3 Å². The summed E-state index contributed by atoms with van der Waals surface area (Å²) >= 11 is 6.07. The number of methoxy groups -OCH3 is 1. The highest BCUT2D eigenvalue weighted by molar-refractivity contribution is 6.30. The van der Waals surface area contributed by atoms with Crippen LogP contribution in [0.5, 0.6) is 5.75 Å². The molecular weight excluding hydrogens is 302 g/mol. The number of carbonyl (C=O) groups excluding carboxylic acids is 1. The molecule has 1 heterocycles. The number of carbonyl (C=O) groups is 1. The molecule has 1 unspecified atom stereocenters. The maximum absolute atomic E-state index is 12.0. The van der Waals surface area contributed by atoms with Gasteiger partial charge >= 0.3 is 0 Å². The van der Waals surface area contributed by atoms with Gasteiger partial charge in [0.2, 0.25) is 5.91 Å². The maximum Gasteiger partial charge on any atom is 0.224 e. The zero-order valence-corrected chi connectivity index (χ0v) is 14.0. The van der Waals surface area contributed by atoms with Crippen molar-refractivity contribution in [1.29, 1.82) is 0 Å². The topological polar surface area (TPSA) is 58.8 Å². The molecule has 1 fully saturated rings. The van der Waals surface area contributed by atoms with Crippen LogP contribution in [0.1, 0.15) is 18.9 Å². The predicted molar refractivity (Wildman–Crippen MR) is 88.1 cm³/mol. The van der Waals surface area contributed by atoms with Crippen LogP contribution >= 0.6 is 11.6 Å². The maximum atomic E-state index is 12.0. The van der Waals surface area contributed by atoms with Crippen molar-refractivity contribution >= 4 is 17.5 Å². The predicted octanol–water partition coefficient (Wildman–Crippen LogP) is 1.73. The normalized spacial score (nSPS) is 17.4. The number of piperazine rings is 1. The van der Waals surface area contributed by atoms with Gasteiger partial charge in [0, 0.05) is 55.8 Å². The number of hydrogen-bond donors (Lipinski definition) is 1. The van der Waals surface area contributed by atoms with E-state index in [0.717, 1.165) is 44.0 Å². The number of halogens is 1. The van der Waals surface area contributed by atoms with E-state index in [-0.39, 0.29) is 11.9 Å². The number of hydrogen-bond acceptors (Lipinski definition) is 4. The Bertz CT molecular complexity index is 514. The molecule has 5 nitrogen and oxygen atoms in total. The molecular formula is C16H24ClN3O2. The van der Waals surface area contributed by atoms with Crippen LogP contribution in [0.4, 0.5) is 0 Å². The van der Waals surface area contributed by atoms with E-state index >= 15 is 0 Å². The second-order valence-corrected chi connectivity index (χ2v) is 6.23. The van der Waals surface area contributed by atoms with Crippen LogP contribution in [0.15, 0.2) is 18.2 Å². The lowest BCUT2D eigenvalue weighted by Gasteiger charge is -2.35. The Morgan fingerprint density at radius 1 is 1.36 bits per heavy atom. The number of benzene rings is 1. The zero-order chi connectivity index (χ0) is 16.1. The van der Waals surface area contributed by atoms with Gasteiger partial charge in [-0.3, -0.25) is 9.69 Å². The van der Waals surface area contributed by atoms with Gasteiger partial charge < -0.3 is 15.4 Å². The molecule has 0 radical (unpaired) electrons. The first kappa shape index (κ1) is 17.1. The Hall–Kier alpha value is -1.30. The van der Waals surface area contributed by atoms with E-state index in [1.807, 2.05) is 30.0 Å². The van der Waals surface area contributed by atoms with Crippen molar-refractivity contribution in [3.63, 3.8) is 0 Å². The fourth-order valence-electron chi connectivity index (χ4n) is 2.67. The molecule has 1 aromatic carbocycles. The summed E-state index contributed by atoms with van der Waals surface area (Å²) in [5, 5.41) is 0.710. The van der Waals surface area contributed by atoms with Gasteiger partial charge in [0.05, 0.1) is 7.11 Å². The first-order valence-corrected chi connectivity index (χ1v) is 7.95. The molecule has 0 bridgehead atoms. The number of nitrogens with two attached hydrogens (primary N) is 1. The average Bonchev–Trinajstić information content (AvgIpc) is 2.47. The van der Waals surface area contributed by atoms with Crippen LogP contribution in [0.2, 0.25) is 5.02 Å². The Kier molecular flexibility index (Phi) is 6.06. The first-order chi connectivity index (χ1) is 10.5. The fourth-order valence-corrected chi connectivity index (χ4v) is 2.87. The fraction of sp³-hybridized carbons (Fsp3) is 0.562. The van der Waals surface area contributed by atoms with Gasteiger partial charge in [0.25, 0.3) is 0 Å². The highest BCUT2D eigenvalue weighted by Gasteiger charge is 2.22. The van der Waals surface area contributed by atoms with Gasteiger partial charge in [-0.05, 0) is 25.1 Å². The molecule has 1 aliphatic heterocycles. The summed E-state index contributed by atoms with van der Waals surface area (Å²) in [5.74, 6) is 0.995. The van der Waals surface area contributed by atoms with Crippen molar-refractivity contribution < 1.29 is 9.53 Å². The first-order valence-electron chi connectivity index (χ1n) is 7.57. The minimum Gasteiger partial charge on any atom is -0.496 e. The van der Waals surface area contributed by atoms with E-state index in [2.05, 4.69) is 4.90 Å². The quantitative estimate of drug-likeness (QED) is 0.895. The lowest BCUT2D eigenvalue weighted by atomic mass is 10.1. The molecule has 0 aromatic heterocycles. The summed E-state index contributed by atoms with van der Waals surface area (Å²) < 4.78 is 5.38. The Balaban J connectivity index is 1.90. The average molecular weight is 326 g/mol. The number of rotatable bonds is 5. The van der Waals surface area contributed by atoms with Gasteiger partial charge in [-0.2, -0.15) is 0 Å². The van der Waals surface area contributed by atoms with Crippen molar-refractivity contribution in [2.75, 3.05) is 33.3 Å². The lowest BCUT2D eigenvalue weighted by molar-refractivity contribution is -0.133. The van der Waals surface area contributed by atoms with E-state index < -0.39 is 0 Å². The summed E-state index contributed by atoms with van der Waals surface area (Å²) in [4.78, 5) is 16.2. The summed E-state index contributed by atoms with van der Waals surface area (Å²) in [6.07, 6.45) is 0.419. The van der Waals surface area contributed by atoms with Crippen LogP contribution in [-0.4, -0.2) is 55.0 Å². The number of amides is 1. The van der Waals surface area contributed by atoms with Crippen LogP contribution in [0, 0.1) is 0 Å². The summed E-state index contributed by atoms with van der Waals surface area (Å²) in [7, 11) is 1.66.